The molecule has 1 saturated heterocycles. The highest BCUT2D eigenvalue weighted by atomic mass is 32.1. The van der Waals surface area contributed by atoms with Gasteiger partial charge in [-0.1, -0.05) is 60.7 Å². The third kappa shape index (κ3) is 4.26. The lowest BCUT2D eigenvalue weighted by Crippen LogP contribution is -2.35. The van der Waals surface area contributed by atoms with Crippen LogP contribution < -0.4 is 5.32 Å². The molecule has 1 aliphatic heterocycles. The first-order valence-corrected chi connectivity index (χ1v) is 10.1. The van der Waals surface area contributed by atoms with Gasteiger partial charge < -0.3 is 10.1 Å². The van der Waals surface area contributed by atoms with Gasteiger partial charge in [0.2, 0.25) is 0 Å². The fourth-order valence-electron chi connectivity index (χ4n) is 3.47. The maximum atomic E-state index is 12.6. The van der Waals surface area contributed by atoms with Gasteiger partial charge in [-0.2, -0.15) is 0 Å². The van der Waals surface area contributed by atoms with E-state index in [1.807, 2.05) is 53.9 Å². The summed E-state index contributed by atoms with van der Waals surface area (Å²) in [6, 6.07) is 20.2. The molecule has 2 heterocycles. The van der Waals surface area contributed by atoms with Crippen LogP contribution in [0.3, 0.4) is 0 Å². The highest BCUT2D eigenvalue weighted by Gasteiger charge is 2.28. The number of nitrogens with zero attached hydrogens (tertiary/aromatic N) is 1. The molecule has 5 heteroatoms. The molecule has 1 aliphatic rings. The number of carbonyl (C=O) groups excluding carboxylic acids is 1. The van der Waals surface area contributed by atoms with Gasteiger partial charge in [0.15, 0.2) is 0 Å². The van der Waals surface area contributed by atoms with Crippen LogP contribution in [0.5, 0.6) is 0 Å². The number of benzene rings is 2. The van der Waals surface area contributed by atoms with E-state index in [2.05, 4.69) is 22.4 Å². The summed E-state index contributed by atoms with van der Waals surface area (Å²) in [4.78, 5) is 17.1. The second kappa shape index (κ2) is 8.46. The highest BCUT2D eigenvalue weighted by Crippen LogP contribution is 2.33. The number of amides is 1. The second-order valence-corrected chi connectivity index (χ2v) is 7.58. The lowest BCUT2D eigenvalue weighted by Gasteiger charge is -2.32. The number of hydrogen-bond acceptors (Lipinski definition) is 4. The third-order valence-corrected chi connectivity index (χ3v) is 5.75. The Morgan fingerprint density at radius 2 is 1.85 bits per heavy atom. The van der Waals surface area contributed by atoms with Gasteiger partial charge in [0.05, 0.1) is 6.10 Å². The number of rotatable bonds is 5. The summed E-state index contributed by atoms with van der Waals surface area (Å²) >= 11 is 1.49. The van der Waals surface area contributed by atoms with E-state index in [1.54, 1.807) is 0 Å². The van der Waals surface area contributed by atoms with Crippen LogP contribution in [0.25, 0.3) is 10.6 Å². The zero-order valence-electron chi connectivity index (χ0n) is 15.0. The number of hydrogen-bond donors (Lipinski definition) is 1. The predicted octanol–water partition coefficient (Wildman–Crippen LogP) is 4.71. The molecule has 0 bridgehead atoms. The van der Waals surface area contributed by atoms with Gasteiger partial charge >= 0.3 is 0 Å². The van der Waals surface area contributed by atoms with E-state index in [0.717, 1.165) is 30.0 Å². The fraction of sp³-hybridized carbons (Fsp3) is 0.273. The van der Waals surface area contributed by atoms with E-state index >= 15 is 0 Å². The van der Waals surface area contributed by atoms with Gasteiger partial charge in [0, 0.05) is 30.0 Å². The first-order valence-electron chi connectivity index (χ1n) is 9.27. The summed E-state index contributed by atoms with van der Waals surface area (Å²) in [5.74, 6) is 0.156. The van der Waals surface area contributed by atoms with Crippen molar-refractivity contribution in [1.82, 2.24) is 10.3 Å². The van der Waals surface area contributed by atoms with E-state index < -0.39 is 0 Å². The lowest BCUT2D eigenvalue weighted by molar-refractivity contribution is -0.0272. The molecule has 1 fully saturated rings. The van der Waals surface area contributed by atoms with E-state index in [9.17, 15) is 4.79 Å². The van der Waals surface area contributed by atoms with Crippen LogP contribution in [-0.4, -0.2) is 24.0 Å². The van der Waals surface area contributed by atoms with Gasteiger partial charge in [-0.15, -0.1) is 11.3 Å². The summed E-state index contributed by atoms with van der Waals surface area (Å²) < 4.78 is 6.01. The molecular formula is C22H22N2O2S. The lowest BCUT2D eigenvalue weighted by atomic mass is 9.89. The van der Waals surface area contributed by atoms with Gasteiger partial charge in [-0.3, -0.25) is 4.79 Å². The molecule has 138 valence electrons. The Kier molecular flexibility index (Phi) is 5.61. The van der Waals surface area contributed by atoms with Crippen molar-refractivity contribution in [1.29, 1.82) is 0 Å². The monoisotopic (exact) mass is 378 g/mol. The maximum absolute atomic E-state index is 12.6. The minimum absolute atomic E-state index is 0.0376. The Bertz CT molecular complexity index is 880. The van der Waals surface area contributed by atoms with Crippen LogP contribution in [0.15, 0.2) is 66.0 Å². The van der Waals surface area contributed by atoms with E-state index in [-0.39, 0.29) is 17.9 Å². The number of nitrogens with one attached hydrogen (secondary N) is 1. The molecule has 1 N–H and O–H groups in total. The number of ether oxygens (including phenoxy) is 1. The Hall–Kier alpha value is -2.50. The molecule has 27 heavy (non-hydrogen) atoms. The fourth-order valence-corrected chi connectivity index (χ4v) is 4.28. The molecule has 3 aromatic rings. The maximum Gasteiger partial charge on any atom is 0.270 e. The molecule has 2 aromatic carbocycles. The molecule has 1 amide bonds. The Balaban J connectivity index is 1.40. The van der Waals surface area contributed by atoms with Crippen molar-refractivity contribution in [3.8, 4) is 10.6 Å². The van der Waals surface area contributed by atoms with Crippen LogP contribution >= 0.6 is 11.3 Å². The molecule has 0 spiro atoms. The standard InChI is InChI=1S/C22H22N2O2S/c25-21(19-15-27-22(24-19)17-10-5-2-6-11-17)23-14-18-12-7-13-26-20(18)16-8-3-1-4-9-16/h1-6,8-11,15,18,20H,7,12-14H2,(H,23,25). The van der Waals surface area contributed by atoms with Crippen LogP contribution in [0, 0.1) is 5.92 Å². The summed E-state index contributed by atoms with van der Waals surface area (Å²) in [5, 5.41) is 5.75. The van der Waals surface area contributed by atoms with Crippen LogP contribution in [-0.2, 0) is 4.74 Å². The largest absolute Gasteiger partial charge is 0.373 e. The van der Waals surface area contributed by atoms with Crippen molar-refractivity contribution < 1.29 is 9.53 Å². The van der Waals surface area contributed by atoms with Crippen molar-refractivity contribution in [2.75, 3.05) is 13.2 Å². The van der Waals surface area contributed by atoms with Crippen molar-refractivity contribution in [3.63, 3.8) is 0 Å². The van der Waals surface area contributed by atoms with Crippen LogP contribution in [0.1, 0.15) is 35.0 Å². The summed E-state index contributed by atoms with van der Waals surface area (Å²) in [6.07, 6.45) is 2.11. The topological polar surface area (TPSA) is 51.2 Å². The van der Waals surface area contributed by atoms with Gasteiger partial charge in [0.1, 0.15) is 10.7 Å². The van der Waals surface area contributed by atoms with E-state index in [4.69, 9.17) is 4.74 Å². The summed E-state index contributed by atoms with van der Waals surface area (Å²) in [5.41, 5.74) is 2.69. The first-order chi connectivity index (χ1) is 13.3. The smallest absolute Gasteiger partial charge is 0.270 e. The van der Waals surface area contributed by atoms with Crippen molar-refractivity contribution in [3.05, 3.63) is 77.3 Å². The molecule has 0 saturated carbocycles. The second-order valence-electron chi connectivity index (χ2n) is 6.72. The zero-order valence-corrected chi connectivity index (χ0v) is 15.8. The average Bonchev–Trinajstić information content (AvgIpc) is 3.24. The highest BCUT2D eigenvalue weighted by molar-refractivity contribution is 7.13. The number of thiazole rings is 1. The molecule has 0 radical (unpaired) electrons. The minimum atomic E-state index is -0.120. The van der Waals surface area contributed by atoms with Crippen LogP contribution in [0.4, 0.5) is 0 Å². The minimum Gasteiger partial charge on any atom is -0.373 e. The molecule has 1 aromatic heterocycles. The average molecular weight is 378 g/mol. The molecule has 4 rings (SSSR count). The van der Waals surface area contributed by atoms with Gasteiger partial charge in [-0.05, 0) is 18.4 Å². The molecule has 4 nitrogen and oxygen atoms in total. The van der Waals surface area contributed by atoms with Gasteiger partial charge in [0.25, 0.3) is 5.91 Å². The van der Waals surface area contributed by atoms with Gasteiger partial charge in [-0.25, -0.2) is 4.98 Å². The summed E-state index contributed by atoms with van der Waals surface area (Å²) in [6.45, 7) is 1.37. The normalized spacial score (nSPS) is 19.6. The zero-order chi connectivity index (χ0) is 18.5. The quantitative estimate of drug-likeness (QED) is 0.700. The predicted molar refractivity (Wildman–Crippen MR) is 108 cm³/mol. The van der Waals surface area contributed by atoms with Crippen molar-refractivity contribution in [2.45, 2.75) is 18.9 Å². The molecule has 2 unspecified atom stereocenters. The van der Waals surface area contributed by atoms with Crippen LogP contribution in [0.2, 0.25) is 0 Å². The van der Waals surface area contributed by atoms with E-state index in [0.29, 0.717) is 12.2 Å². The molecule has 2 atom stereocenters. The molecular weight excluding hydrogens is 356 g/mol. The third-order valence-electron chi connectivity index (χ3n) is 4.86. The summed E-state index contributed by atoms with van der Waals surface area (Å²) in [7, 11) is 0. The Labute approximate surface area is 163 Å². The van der Waals surface area contributed by atoms with Crippen molar-refractivity contribution in [2.24, 2.45) is 5.92 Å². The SMILES string of the molecule is O=C(NCC1CCCOC1c1ccccc1)c1csc(-c2ccccc2)n1. The molecule has 0 aliphatic carbocycles. The number of carbonyl (C=O) groups is 1. The Morgan fingerprint density at radius 3 is 2.63 bits per heavy atom. The van der Waals surface area contributed by atoms with E-state index in [1.165, 1.54) is 16.9 Å². The first kappa shape index (κ1) is 17.9. The Morgan fingerprint density at radius 1 is 1.11 bits per heavy atom. The number of aromatic nitrogens is 1. The van der Waals surface area contributed by atoms with Crippen molar-refractivity contribution >= 4 is 17.2 Å².